The van der Waals surface area contributed by atoms with Crippen LogP contribution in [0.2, 0.25) is 0 Å². The monoisotopic (exact) mass is 180 g/mol. The molecule has 3 heteroatoms. The minimum Gasteiger partial charge on any atom is -0.399 e. The summed E-state index contributed by atoms with van der Waals surface area (Å²) in [6.45, 7) is 0.596. The van der Waals surface area contributed by atoms with Gasteiger partial charge in [-0.3, -0.25) is 0 Å². The Morgan fingerprint density at radius 3 is 2.62 bits per heavy atom. The molecule has 1 aromatic rings. The van der Waals surface area contributed by atoms with Crippen LogP contribution in [0, 0.1) is 0 Å². The van der Waals surface area contributed by atoms with E-state index in [0.29, 0.717) is 6.61 Å². The van der Waals surface area contributed by atoms with Crippen molar-refractivity contribution >= 4 is 11.4 Å². The Hall–Kier alpha value is -1.22. The fraction of sp³-hybridized carbons (Fsp3) is 0.400. The summed E-state index contributed by atoms with van der Waals surface area (Å²) in [5.41, 5.74) is 8.73. The summed E-state index contributed by atoms with van der Waals surface area (Å²) >= 11 is 0. The third-order valence-electron chi connectivity index (χ3n) is 1.89. The third-order valence-corrected chi connectivity index (χ3v) is 1.89. The fourth-order valence-corrected chi connectivity index (χ4v) is 1.31. The molecule has 0 aliphatic heterocycles. The zero-order valence-corrected chi connectivity index (χ0v) is 8.37. The van der Waals surface area contributed by atoms with Crippen LogP contribution in [0.4, 0.5) is 11.4 Å². The standard InChI is InChI=1S/C10H16N2O/c1-12(2)10-5-4-9(11)6-8(10)7-13-3/h4-6H,7,11H2,1-3H3. The van der Waals surface area contributed by atoms with E-state index < -0.39 is 0 Å². The minimum absolute atomic E-state index is 0.596. The second-order valence-electron chi connectivity index (χ2n) is 3.22. The number of nitrogen functional groups attached to an aromatic ring is 1. The average molecular weight is 180 g/mol. The van der Waals surface area contributed by atoms with Crippen LogP contribution in [-0.4, -0.2) is 21.2 Å². The fourth-order valence-electron chi connectivity index (χ4n) is 1.31. The summed E-state index contributed by atoms with van der Waals surface area (Å²) in [5, 5.41) is 0. The molecule has 0 amide bonds. The highest BCUT2D eigenvalue weighted by Crippen LogP contribution is 2.21. The van der Waals surface area contributed by atoms with E-state index >= 15 is 0 Å². The number of ether oxygens (including phenoxy) is 1. The molecule has 0 aromatic heterocycles. The van der Waals surface area contributed by atoms with Crippen molar-refractivity contribution in [3.05, 3.63) is 23.8 Å². The van der Waals surface area contributed by atoms with Crippen molar-refractivity contribution in [2.45, 2.75) is 6.61 Å². The molecular formula is C10H16N2O. The molecule has 1 aromatic carbocycles. The Kier molecular flexibility index (Phi) is 3.14. The SMILES string of the molecule is COCc1cc(N)ccc1N(C)C. The summed E-state index contributed by atoms with van der Waals surface area (Å²) in [4.78, 5) is 2.05. The van der Waals surface area contributed by atoms with Crippen molar-refractivity contribution in [1.29, 1.82) is 0 Å². The van der Waals surface area contributed by atoms with Gasteiger partial charge in [0.15, 0.2) is 0 Å². The van der Waals surface area contributed by atoms with E-state index in [4.69, 9.17) is 10.5 Å². The van der Waals surface area contributed by atoms with Gasteiger partial charge in [-0.25, -0.2) is 0 Å². The van der Waals surface area contributed by atoms with E-state index in [2.05, 4.69) is 0 Å². The predicted octanol–water partition coefficient (Wildman–Crippen LogP) is 1.48. The van der Waals surface area contributed by atoms with Gasteiger partial charge in [-0.1, -0.05) is 0 Å². The average Bonchev–Trinajstić information content (AvgIpc) is 2.04. The number of anilines is 2. The third kappa shape index (κ3) is 2.36. The van der Waals surface area contributed by atoms with Crippen molar-refractivity contribution in [1.82, 2.24) is 0 Å². The second kappa shape index (κ2) is 4.14. The summed E-state index contributed by atoms with van der Waals surface area (Å²) in [7, 11) is 5.69. The lowest BCUT2D eigenvalue weighted by Gasteiger charge is -2.17. The maximum atomic E-state index is 5.68. The molecule has 0 aliphatic rings. The first-order chi connectivity index (χ1) is 6.15. The smallest absolute Gasteiger partial charge is 0.0733 e. The van der Waals surface area contributed by atoms with Crippen molar-refractivity contribution < 1.29 is 4.74 Å². The Morgan fingerprint density at radius 1 is 1.38 bits per heavy atom. The molecule has 2 N–H and O–H groups in total. The van der Waals surface area contributed by atoms with Gasteiger partial charge in [0.1, 0.15) is 0 Å². The van der Waals surface area contributed by atoms with Crippen LogP contribution in [0.15, 0.2) is 18.2 Å². The molecule has 0 atom stereocenters. The number of hydrogen-bond acceptors (Lipinski definition) is 3. The highest BCUT2D eigenvalue weighted by molar-refractivity contribution is 5.58. The van der Waals surface area contributed by atoms with Gasteiger partial charge in [-0.05, 0) is 18.2 Å². The quantitative estimate of drug-likeness (QED) is 0.716. The molecule has 3 nitrogen and oxygen atoms in total. The maximum absolute atomic E-state index is 5.68. The lowest BCUT2D eigenvalue weighted by atomic mass is 10.1. The molecule has 72 valence electrons. The van der Waals surface area contributed by atoms with Crippen LogP contribution in [0.1, 0.15) is 5.56 Å². The molecule has 0 unspecified atom stereocenters. The van der Waals surface area contributed by atoms with Crippen LogP contribution in [0.25, 0.3) is 0 Å². The van der Waals surface area contributed by atoms with E-state index in [1.807, 2.05) is 37.2 Å². The van der Waals surface area contributed by atoms with Crippen molar-refractivity contribution in [3.8, 4) is 0 Å². The van der Waals surface area contributed by atoms with Crippen molar-refractivity contribution in [2.24, 2.45) is 0 Å². The summed E-state index contributed by atoms with van der Waals surface area (Å²) in [6.07, 6.45) is 0. The molecule has 1 rings (SSSR count). The molecule has 13 heavy (non-hydrogen) atoms. The number of nitrogens with zero attached hydrogens (tertiary/aromatic N) is 1. The Labute approximate surface area is 79.1 Å². The zero-order valence-electron chi connectivity index (χ0n) is 8.37. The highest BCUT2D eigenvalue weighted by Gasteiger charge is 2.03. The number of benzene rings is 1. The van der Waals surface area contributed by atoms with Gasteiger partial charge in [-0.2, -0.15) is 0 Å². The molecule has 0 fully saturated rings. The van der Waals surface area contributed by atoms with Crippen LogP contribution in [0.5, 0.6) is 0 Å². The summed E-state index contributed by atoms with van der Waals surface area (Å²) in [5.74, 6) is 0. The lowest BCUT2D eigenvalue weighted by molar-refractivity contribution is 0.185. The van der Waals surface area contributed by atoms with Gasteiger partial charge in [0, 0.05) is 38.1 Å². The number of nitrogens with two attached hydrogens (primary N) is 1. The van der Waals surface area contributed by atoms with Gasteiger partial charge in [-0.15, -0.1) is 0 Å². The number of hydrogen-bond donors (Lipinski definition) is 1. The molecular weight excluding hydrogens is 164 g/mol. The zero-order chi connectivity index (χ0) is 9.84. The van der Waals surface area contributed by atoms with E-state index in [1.165, 1.54) is 0 Å². The van der Waals surface area contributed by atoms with Gasteiger partial charge in [0.25, 0.3) is 0 Å². The van der Waals surface area contributed by atoms with Crippen LogP contribution in [0.3, 0.4) is 0 Å². The van der Waals surface area contributed by atoms with Gasteiger partial charge < -0.3 is 15.4 Å². The largest absolute Gasteiger partial charge is 0.399 e. The topological polar surface area (TPSA) is 38.5 Å². The Bertz CT molecular complexity index is 284. The number of methoxy groups -OCH3 is 1. The summed E-state index contributed by atoms with van der Waals surface area (Å²) < 4.78 is 5.09. The molecule has 0 spiro atoms. The van der Waals surface area contributed by atoms with Crippen LogP contribution < -0.4 is 10.6 Å². The minimum atomic E-state index is 0.596. The van der Waals surface area contributed by atoms with Crippen molar-refractivity contribution in [2.75, 3.05) is 31.8 Å². The van der Waals surface area contributed by atoms with E-state index in [1.54, 1.807) is 7.11 Å². The second-order valence-corrected chi connectivity index (χ2v) is 3.22. The number of rotatable bonds is 3. The molecule has 0 radical (unpaired) electrons. The predicted molar refractivity (Wildman–Crippen MR) is 55.9 cm³/mol. The molecule has 0 saturated carbocycles. The molecule has 0 saturated heterocycles. The molecule has 0 heterocycles. The van der Waals surface area contributed by atoms with Gasteiger partial charge >= 0.3 is 0 Å². The maximum Gasteiger partial charge on any atom is 0.0733 e. The van der Waals surface area contributed by atoms with Crippen LogP contribution >= 0.6 is 0 Å². The van der Waals surface area contributed by atoms with Gasteiger partial charge in [0.05, 0.1) is 6.61 Å². The lowest BCUT2D eigenvalue weighted by Crippen LogP contribution is -2.11. The van der Waals surface area contributed by atoms with E-state index in [0.717, 1.165) is 16.9 Å². The molecule has 0 aliphatic carbocycles. The van der Waals surface area contributed by atoms with Crippen LogP contribution in [-0.2, 0) is 11.3 Å². The first-order valence-corrected chi connectivity index (χ1v) is 4.20. The first-order valence-electron chi connectivity index (χ1n) is 4.20. The summed E-state index contributed by atoms with van der Waals surface area (Å²) in [6, 6.07) is 5.84. The van der Waals surface area contributed by atoms with Gasteiger partial charge in [0.2, 0.25) is 0 Å². The van der Waals surface area contributed by atoms with E-state index in [-0.39, 0.29) is 0 Å². The molecule has 0 bridgehead atoms. The first kappa shape index (κ1) is 9.86. The van der Waals surface area contributed by atoms with Crippen molar-refractivity contribution in [3.63, 3.8) is 0 Å². The highest BCUT2D eigenvalue weighted by atomic mass is 16.5. The van der Waals surface area contributed by atoms with E-state index in [9.17, 15) is 0 Å². The normalized spacial score (nSPS) is 10.1. The Morgan fingerprint density at radius 2 is 2.08 bits per heavy atom. The Balaban J connectivity index is 3.03.